The van der Waals surface area contributed by atoms with Crippen LogP contribution in [0.5, 0.6) is 0 Å². The molecule has 3 heteroatoms. The summed E-state index contributed by atoms with van der Waals surface area (Å²) in [5, 5.41) is 0. The topological polar surface area (TPSA) is 52.3 Å². The largest absolute Gasteiger partial charge is 0.373 e. The number of fused-ring (bicyclic) bond motifs is 2. The van der Waals surface area contributed by atoms with Crippen molar-refractivity contribution in [3.8, 4) is 0 Å². The summed E-state index contributed by atoms with van der Waals surface area (Å²) in [5.41, 5.74) is 2.74. The van der Waals surface area contributed by atoms with Gasteiger partial charge in [-0.25, -0.2) is 0 Å². The van der Waals surface area contributed by atoms with Crippen molar-refractivity contribution in [2.45, 2.75) is 43.9 Å². The predicted molar refractivity (Wildman–Crippen MR) is 68.8 cm³/mol. The lowest BCUT2D eigenvalue weighted by atomic mass is 9.52. The molecule has 4 rings (SSSR count). The molecule has 1 saturated carbocycles. The molecule has 0 spiro atoms. The summed E-state index contributed by atoms with van der Waals surface area (Å²) in [6.07, 6.45) is 4.11. The molecule has 0 aromatic heterocycles. The quantitative estimate of drug-likeness (QED) is 0.815. The summed E-state index contributed by atoms with van der Waals surface area (Å²) in [6.45, 7) is 2.17. The summed E-state index contributed by atoms with van der Waals surface area (Å²) < 4.78 is 0. The molecular weight excluding hydrogens is 226 g/mol. The molecule has 0 aliphatic heterocycles. The molecule has 0 radical (unpaired) electrons. The molecule has 3 atom stereocenters. The molecule has 3 aliphatic rings. The Hall–Kier alpha value is -1.35. The Morgan fingerprint density at radius 1 is 1.50 bits per heavy atom. The molecule has 2 bridgehead atoms. The Kier molecular flexibility index (Phi) is 2.67. The molecule has 96 valence electrons. The molecule has 1 aromatic rings. The fourth-order valence-electron chi connectivity index (χ4n) is 4.16. The van der Waals surface area contributed by atoms with Gasteiger partial charge >= 0.3 is 5.97 Å². The van der Waals surface area contributed by atoms with E-state index in [-0.39, 0.29) is 17.3 Å². The normalized spacial score (nSPS) is 33.0. The van der Waals surface area contributed by atoms with Crippen LogP contribution in [0.2, 0.25) is 0 Å². The van der Waals surface area contributed by atoms with Crippen LogP contribution < -0.4 is 5.90 Å². The van der Waals surface area contributed by atoms with Crippen molar-refractivity contribution >= 4 is 5.97 Å². The Labute approximate surface area is 107 Å². The fourth-order valence-corrected chi connectivity index (χ4v) is 4.16. The lowest BCUT2D eigenvalue weighted by molar-refractivity contribution is -0.154. The summed E-state index contributed by atoms with van der Waals surface area (Å²) >= 11 is 0. The SMILES string of the molecule is CCC12CCC(CC1C(=O)ON)c1ccccc12. The highest BCUT2D eigenvalue weighted by Gasteiger charge is 2.53. The smallest absolute Gasteiger partial charge is 0.328 e. The maximum Gasteiger partial charge on any atom is 0.328 e. The van der Waals surface area contributed by atoms with Gasteiger partial charge in [-0.15, -0.1) is 0 Å². The van der Waals surface area contributed by atoms with Gasteiger partial charge < -0.3 is 4.84 Å². The summed E-state index contributed by atoms with van der Waals surface area (Å²) in [5.74, 6) is 5.31. The van der Waals surface area contributed by atoms with E-state index in [2.05, 4.69) is 36.0 Å². The molecule has 2 N–H and O–H groups in total. The van der Waals surface area contributed by atoms with Crippen molar-refractivity contribution in [2.75, 3.05) is 0 Å². The number of carbonyl (C=O) groups is 1. The number of benzene rings is 1. The van der Waals surface area contributed by atoms with E-state index >= 15 is 0 Å². The Bertz CT molecular complexity index is 485. The van der Waals surface area contributed by atoms with Crippen LogP contribution in [0, 0.1) is 5.92 Å². The van der Waals surface area contributed by atoms with Crippen LogP contribution in [0.25, 0.3) is 0 Å². The first-order chi connectivity index (χ1) is 8.73. The van der Waals surface area contributed by atoms with Gasteiger partial charge in [-0.05, 0) is 42.7 Å². The highest BCUT2D eigenvalue weighted by atomic mass is 16.7. The second-order valence-corrected chi connectivity index (χ2v) is 5.56. The Balaban J connectivity index is 2.14. The summed E-state index contributed by atoms with van der Waals surface area (Å²) in [6, 6.07) is 8.56. The van der Waals surface area contributed by atoms with E-state index in [1.807, 2.05) is 0 Å². The molecule has 1 fully saturated rings. The van der Waals surface area contributed by atoms with Crippen LogP contribution in [0.4, 0.5) is 0 Å². The van der Waals surface area contributed by atoms with Crippen LogP contribution in [0.1, 0.15) is 49.7 Å². The van der Waals surface area contributed by atoms with Crippen LogP contribution >= 0.6 is 0 Å². The molecular formula is C15H19NO2. The number of carbonyl (C=O) groups excluding carboxylic acids is 1. The van der Waals surface area contributed by atoms with E-state index in [0.29, 0.717) is 5.92 Å². The summed E-state index contributed by atoms with van der Waals surface area (Å²) in [4.78, 5) is 16.5. The van der Waals surface area contributed by atoms with Gasteiger partial charge in [0.05, 0.1) is 5.92 Å². The van der Waals surface area contributed by atoms with Crippen molar-refractivity contribution in [1.29, 1.82) is 0 Å². The van der Waals surface area contributed by atoms with Gasteiger partial charge in [0.15, 0.2) is 0 Å². The number of hydrogen-bond donors (Lipinski definition) is 1. The van der Waals surface area contributed by atoms with E-state index in [4.69, 9.17) is 5.90 Å². The first kappa shape index (κ1) is 11.7. The third-order valence-corrected chi connectivity index (χ3v) is 5.09. The average molecular weight is 245 g/mol. The molecule has 3 nitrogen and oxygen atoms in total. The second-order valence-electron chi connectivity index (χ2n) is 5.56. The van der Waals surface area contributed by atoms with Crippen LogP contribution in [0.3, 0.4) is 0 Å². The number of rotatable bonds is 2. The zero-order valence-electron chi connectivity index (χ0n) is 10.7. The number of nitrogens with two attached hydrogens (primary N) is 1. The third kappa shape index (κ3) is 1.37. The Morgan fingerprint density at radius 2 is 2.28 bits per heavy atom. The van der Waals surface area contributed by atoms with E-state index in [0.717, 1.165) is 19.3 Å². The lowest BCUT2D eigenvalue weighted by Crippen LogP contribution is -2.49. The average Bonchev–Trinajstić information content (AvgIpc) is 2.47. The predicted octanol–water partition coefficient (Wildman–Crippen LogP) is 2.65. The molecule has 18 heavy (non-hydrogen) atoms. The van der Waals surface area contributed by atoms with Crippen molar-refractivity contribution in [1.82, 2.24) is 0 Å². The molecule has 3 aliphatic carbocycles. The van der Waals surface area contributed by atoms with Gasteiger partial charge in [0, 0.05) is 5.41 Å². The maximum absolute atomic E-state index is 12.0. The first-order valence-corrected chi connectivity index (χ1v) is 6.73. The maximum atomic E-state index is 12.0. The number of hydrogen-bond acceptors (Lipinski definition) is 3. The molecule has 1 aromatic carbocycles. The first-order valence-electron chi connectivity index (χ1n) is 6.73. The molecule has 0 heterocycles. The van der Waals surface area contributed by atoms with Crippen molar-refractivity contribution in [3.05, 3.63) is 35.4 Å². The van der Waals surface area contributed by atoms with Crippen molar-refractivity contribution in [3.63, 3.8) is 0 Å². The zero-order valence-corrected chi connectivity index (χ0v) is 10.7. The molecule has 0 amide bonds. The van der Waals surface area contributed by atoms with Gasteiger partial charge in [0.1, 0.15) is 0 Å². The molecule has 3 unspecified atom stereocenters. The van der Waals surface area contributed by atoms with Gasteiger partial charge in [-0.1, -0.05) is 31.2 Å². The monoisotopic (exact) mass is 245 g/mol. The van der Waals surface area contributed by atoms with Crippen LogP contribution in [-0.4, -0.2) is 5.97 Å². The third-order valence-electron chi connectivity index (χ3n) is 5.09. The van der Waals surface area contributed by atoms with E-state index in [1.54, 1.807) is 0 Å². The van der Waals surface area contributed by atoms with Gasteiger partial charge in [-0.3, -0.25) is 4.79 Å². The highest BCUT2D eigenvalue weighted by molar-refractivity contribution is 5.76. The second kappa shape index (κ2) is 4.09. The Morgan fingerprint density at radius 3 is 3.00 bits per heavy atom. The van der Waals surface area contributed by atoms with Crippen molar-refractivity contribution < 1.29 is 9.63 Å². The minimum absolute atomic E-state index is 0.0538. The summed E-state index contributed by atoms with van der Waals surface area (Å²) in [7, 11) is 0. The standard InChI is InChI=1S/C15H19NO2/c1-2-15-8-7-10(9-13(15)14(17)18-16)11-5-3-4-6-12(11)15/h3-6,10,13H,2,7-9,16H2,1H3. The van der Waals surface area contributed by atoms with E-state index in [9.17, 15) is 4.79 Å². The van der Waals surface area contributed by atoms with Gasteiger partial charge in [0.25, 0.3) is 0 Å². The zero-order chi connectivity index (χ0) is 12.8. The lowest BCUT2D eigenvalue weighted by Gasteiger charge is -2.51. The van der Waals surface area contributed by atoms with Crippen LogP contribution in [-0.2, 0) is 15.0 Å². The fraction of sp³-hybridized carbons (Fsp3) is 0.533. The van der Waals surface area contributed by atoms with Gasteiger partial charge in [0.2, 0.25) is 0 Å². The minimum Gasteiger partial charge on any atom is -0.373 e. The van der Waals surface area contributed by atoms with Crippen LogP contribution in [0.15, 0.2) is 24.3 Å². The highest BCUT2D eigenvalue weighted by Crippen LogP contribution is 2.57. The van der Waals surface area contributed by atoms with Gasteiger partial charge in [-0.2, -0.15) is 5.90 Å². The van der Waals surface area contributed by atoms with E-state index in [1.165, 1.54) is 17.5 Å². The minimum atomic E-state index is -0.240. The van der Waals surface area contributed by atoms with Crippen molar-refractivity contribution in [2.24, 2.45) is 11.8 Å². The molecule has 0 saturated heterocycles. The van der Waals surface area contributed by atoms with E-state index < -0.39 is 0 Å².